The van der Waals surface area contributed by atoms with Crippen LogP contribution in [-0.4, -0.2) is 25.5 Å². The van der Waals surface area contributed by atoms with Gasteiger partial charge in [0.2, 0.25) is 0 Å². The third-order valence-electron chi connectivity index (χ3n) is 4.28. The second kappa shape index (κ2) is 8.63. The van der Waals surface area contributed by atoms with Crippen LogP contribution in [0, 0.1) is 0 Å². The number of nitrogens with zero attached hydrogens (tertiary/aromatic N) is 4. The topological polar surface area (TPSA) is 64.7 Å². The van der Waals surface area contributed by atoms with Crippen LogP contribution >= 0.6 is 27.5 Å². The molecular weight excluding hydrogens is 454 g/mol. The molecule has 4 rings (SSSR count). The first kappa shape index (κ1) is 19.4. The minimum absolute atomic E-state index is 0.203. The summed E-state index contributed by atoms with van der Waals surface area (Å²) in [5.41, 5.74) is 2.64. The Morgan fingerprint density at radius 2 is 1.83 bits per heavy atom. The zero-order valence-electron chi connectivity index (χ0n) is 15.3. The first-order chi connectivity index (χ1) is 14.0. The van der Waals surface area contributed by atoms with Gasteiger partial charge in [0.05, 0.1) is 23.8 Å². The predicted molar refractivity (Wildman–Crippen MR) is 116 cm³/mol. The Morgan fingerprint density at radius 1 is 1.03 bits per heavy atom. The van der Waals surface area contributed by atoms with Gasteiger partial charge in [-0.05, 0) is 51.3 Å². The maximum Gasteiger partial charge on any atom is 0.256 e. The lowest BCUT2D eigenvalue weighted by atomic mass is 10.1. The molecule has 0 aliphatic carbocycles. The Kier molecular flexibility index (Phi) is 5.78. The summed E-state index contributed by atoms with van der Waals surface area (Å²) in [5, 5.41) is 12.2. The SMILES string of the molecule is O=C(Nc1ccn(Cc2ccc(Cl)cc2)n1)c1cccc(Cn2cc(Br)cn2)c1. The molecule has 0 radical (unpaired) electrons. The molecule has 0 saturated carbocycles. The first-order valence-electron chi connectivity index (χ1n) is 8.91. The molecule has 8 heteroatoms. The van der Waals surface area contributed by atoms with E-state index in [4.69, 9.17) is 11.6 Å². The minimum Gasteiger partial charge on any atom is -0.305 e. The Bertz CT molecular complexity index is 1140. The van der Waals surface area contributed by atoms with E-state index >= 15 is 0 Å². The maximum absolute atomic E-state index is 12.6. The smallest absolute Gasteiger partial charge is 0.256 e. The van der Waals surface area contributed by atoms with E-state index in [0.29, 0.717) is 29.5 Å². The molecule has 0 saturated heterocycles. The number of benzene rings is 2. The van der Waals surface area contributed by atoms with E-state index in [9.17, 15) is 4.79 Å². The fourth-order valence-electron chi connectivity index (χ4n) is 2.90. The van der Waals surface area contributed by atoms with Crippen molar-refractivity contribution >= 4 is 39.3 Å². The van der Waals surface area contributed by atoms with Gasteiger partial charge in [-0.25, -0.2) is 0 Å². The van der Waals surface area contributed by atoms with E-state index in [1.807, 2.05) is 54.9 Å². The zero-order valence-corrected chi connectivity index (χ0v) is 17.6. The molecule has 146 valence electrons. The molecule has 2 aromatic heterocycles. The van der Waals surface area contributed by atoms with Crippen molar-refractivity contribution in [1.82, 2.24) is 19.6 Å². The number of hydrogen-bond donors (Lipinski definition) is 1. The number of halogens is 2. The van der Waals surface area contributed by atoms with E-state index in [2.05, 4.69) is 31.4 Å². The number of hydrogen-bond acceptors (Lipinski definition) is 3. The Labute approximate surface area is 181 Å². The average Bonchev–Trinajstić information content (AvgIpc) is 3.32. The molecule has 0 spiro atoms. The Hall–Kier alpha value is -2.90. The summed E-state index contributed by atoms with van der Waals surface area (Å²) < 4.78 is 4.49. The quantitative estimate of drug-likeness (QED) is 0.438. The fourth-order valence-corrected chi connectivity index (χ4v) is 3.36. The number of rotatable bonds is 6. The van der Waals surface area contributed by atoms with Gasteiger partial charge < -0.3 is 5.32 Å². The second-order valence-electron chi connectivity index (χ2n) is 6.54. The normalized spacial score (nSPS) is 10.8. The highest BCUT2D eigenvalue weighted by molar-refractivity contribution is 9.10. The summed E-state index contributed by atoms with van der Waals surface area (Å²) in [6.45, 7) is 1.18. The van der Waals surface area contributed by atoms with Crippen molar-refractivity contribution < 1.29 is 4.79 Å². The van der Waals surface area contributed by atoms with Crippen molar-refractivity contribution in [3.8, 4) is 0 Å². The molecular formula is C21H17BrClN5O. The Balaban J connectivity index is 1.41. The van der Waals surface area contributed by atoms with Gasteiger partial charge in [-0.2, -0.15) is 10.2 Å². The number of carbonyl (C=O) groups is 1. The number of anilines is 1. The summed E-state index contributed by atoms with van der Waals surface area (Å²) in [6, 6.07) is 16.8. The minimum atomic E-state index is -0.203. The largest absolute Gasteiger partial charge is 0.305 e. The van der Waals surface area contributed by atoms with Crippen LogP contribution in [-0.2, 0) is 13.1 Å². The summed E-state index contributed by atoms with van der Waals surface area (Å²) in [5.74, 6) is 0.301. The van der Waals surface area contributed by atoms with Gasteiger partial charge in [0.25, 0.3) is 5.91 Å². The van der Waals surface area contributed by atoms with Crippen molar-refractivity contribution in [2.45, 2.75) is 13.1 Å². The predicted octanol–water partition coefficient (Wildman–Crippen LogP) is 4.84. The van der Waals surface area contributed by atoms with Crippen LogP contribution in [0.4, 0.5) is 5.82 Å². The average molecular weight is 471 g/mol. The van der Waals surface area contributed by atoms with Crippen LogP contribution in [0.25, 0.3) is 0 Å². The van der Waals surface area contributed by atoms with Crippen LogP contribution in [0.5, 0.6) is 0 Å². The summed E-state index contributed by atoms with van der Waals surface area (Å²) in [7, 11) is 0. The molecule has 0 unspecified atom stereocenters. The van der Waals surface area contributed by atoms with E-state index in [0.717, 1.165) is 15.6 Å². The molecule has 1 N–H and O–H groups in total. The monoisotopic (exact) mass is 469 g/mol. The van der Waals surface area contributed by atoms with Crippen LogP contribution in [0.2, 0.25) is 5.02 Å². The summed E-state index contributed by atoms with van der Waals surface area (Å²) >= 11 is 9.30. The molecule has 6 nitrogen and oxygen atoms in total. The maximum atomic E-state index is 12.6. The summed E-state index contributed by atoms with van der Waals surface area (Å²) in [6.07, 6.45) is 5.45. The van der Waals surface area contributed by atoms with Crippen LogP contribution < -0.4 is 5.32 Å². The van der Waals surface area contributed by atoms with Crippen molar-refractivity contribution in [3.05, 3.63) is 99.4 Å². The van der Waals surface area contributed by atoms with Gasteiger partial charge in [0.15, 0.2) is 5.82 Å². The van der Waals surface area contributed by atoms with E-state index in [1.165, 1.54) is 0 Å². The van der Waals surface area contributed by atoms with Crippen molar-refractivity contribution in [2.24, 2.45) is 0 Å². The molecule has 2 heterocycles. The molecule has 29 heavy (non-hydrogen) atoms. The molecule has 0 fully saturated rings. The number of nitrogens with one attached hydrogen (secondary N) is 1. The van der Waals surface area contributed by atoms with Crippen LogP contribution in [0.3, 0.4) is 0 Å². The highest BCUT2D eigenvalue weighted by atomic mass is 79.9. The fraction of sp³-hybridized carbons (Fsp3) is 0.0952. The third-order valence-corrected chi connectivity index (χ3v) is 4.94. The van der Waals surface area contributed by atoms with Crippen molar-refractivity contribution in [2.75, 3.05) is 5.32 Å². The molecule has 4 aromatic rings. The molecule has 0 aliphatic rings. The highest BCUT2D eigenvalue weighted by Gasteiger charge is 2.09. The molecule has 0 bridgehead atoms. The van der Waals surface area contributed by atoms with E-state index in [1.54, 1.807) is 27.7 Å². The lowest BCUT2D eigenvalue weighted by Crippen LogP contribution is -2.13. The van der Waals surface area contributed by atoms with Gasteiger partial charge in [0.1, 0.15) is 0 Å². The van der Waals surface area contributed by atoms with Gasteiger partial charge in [-0.15, -0.1) is 0 Å². The third kappa shape index (κ3) is 5.13. The number of aromatic nitrogens is 4. The summed E-state index contributed by atoms with van der Waals surface area (Å²) in [4.78, 5) is 12.6. The van der Waals surface area contributed by atoms with Crippen molar-refractivity contribution in [3.63, 3.8) is 0 Å². The van der Waals surface area contributed by atoms with Gasteiger partial charge in [-0.1, -0.05) is 35.9 Å². The number of carbonyl (C=O) groups excluding carboxylic acids is 1. The lowest BCUT2D eigenvalue weighted by molar-refractivity contribution is 0.102. The van der Waals surface area contributed by atoms with E-state index in [-0.39, 0.29) is 5.91 Å². The molecule has 0 atom stereocenters. The first-order valence-corrected chi connectivity index (χ1v) is 10.1. The van der Waals surface area contributed by atoms with E-state index < -0.39 is 0 Å². The number of amides is 1. The van der Waals surface area contributed by atoms with Gasteiger partial charge in [0, 0.05) is 29.0 Å². The second-order valence-corrected chi connectivity index (χ2v) is 7.89. The van der Waals surface area contributed by atoms with Gasteiger partial charge >= 0.3 is 0 Å². The van der Waals surface area contributed by atoms with Gasteiger partial charge in [-0.3, -0.25) is 14.2 Å². The van der Waals surface area contributed by atoms with Crippen LogP contribution in [0.1, 0.15) is 21.5 Å². The van der Waals surface area contributed by atoms with Crippen molar-refractivity contribution in [1.29, 1.82) is 0 Å². The standard InChI is InChI=1S/C21H17BrClN5O/c22-18-11-24-28(14-18)13-16-2-1-3-17(10-16)21(29)25-20-8-9-27(26-20)12-15-4-6-19(23)7-5-15/h1-11,14H,12-13H2,(H,25,26,29). The molecule has 1 amide bonds. The molecule has 2 aromatic carbocycles. The Morgan fingerprint density at radius 3 is 2.59 bits per heavy atom. The molecule has 0 aliphatic heterocycles. The lowest BCUT2D eigenvalue weighted by Gasteiger charge is -2.06. The highest BCUT2D eigenvalue weighted by Crippen LogP contribution is 2.14. The zero-order chi connectivity index (χ0) is 20.2. The van der Waals surface area contributed by atoms with Crippen LogP contribution in [0.15, 0.2) is 77.7 Å².